The summed E-state index contributed by atoms with van der Waals surface area (Å²) in [6.45, 7) is 1.98. The zero-order chi connectivity index (χ0) is 18.7. The summed E-state index contributed by atoms with van der Waals surface area (Å²) in [5, 5.41) is 4.08. The van der Waals surface area contributed by atoms with E-state index in [1.165, 1.54) is 37.7 Å². The molecule has 0 radical (unpaired) electrons. The molecule has 1 saturated heterocycles. The highest BCUT2D eigenvalue weighted by atomic mass is 32.1. The Labute approximate surface area is 168 Å². The Bertz CT molecular complexity index is 959. The molecule has 1 aromatic heterocycles. The second-order valence-corrected chi connectivity index (χ2v) is 10.9. The van der Waals surface area contributed by atoms with Crippen molar-refractivity contribution in [3.05, 3.63) is 39.1 Å². The van der Waals surface area contributed by atoms with Gasteiger partial charge < -0.3 is 4.74 Å². The van der Waals surface area contributed by atoms with Gasteiger partial charge in [0.1, 0.15) is 0 Å². The Balaban J connectivity index is 1.45. The second kappa shape index (κ2) is 5.27. The minimum absolute atomic E-state index is 0.375. The van der Waals surface area contributed by atoms with Gasteiger partial charge in [-0.25, -0.2) is 9.59 Å². The van der Waals surface area contributed by atoms with Gasteiger partial charge in [-0.15, -0.1) is 0 Å². The summed E-state index contributed by atoms with van der Waals surface area (Å²) in [5.74, 6) is 5.37. The monoisotopic (exact) mass is 392 g/mol. The van der Waals surface area contributed by atoms with Gasteiger partial charge in [0.25, 0.3) is 0 Å². The van der Waals surface area contributed by atoms with Gasteiger partial charge in [0.15, 0.2) is 0 Å². The highest BCUT2D eigenvalue weighted by Gasteiger charge is 2.66. The highest BCUT2D eigenvalue weighted by Crippen LogP contribution is 2.73. The van der Waals surface area contributed by atoms with Crippen molar-refractivity contribution in [2.24, 2.45) is 47.3 Å². The molecule has 8 bridgehead atoms. The largest absolute Gasteiger partial charge is 0.386 e. The van der Waals surface area contributed by atoms with Gasteiger partial charge >= 0.3 is 11.9 Å². The molecule has 2 heterocycles. The number of hydrogen-bond donors (Lipinski definition) is 0. The summed E-state index contributed by atoms with van der Waals surface area (Å²) >= 11 is 1.62. The van der Waals surface area contributed by atoms with Gasteiger partial charge in [0.05, 0.1) is 11.1 Å². The molecule has 7 aliphatic carbocycles. The Hall–Kier alpha value is -1.68. The van der Waals surface area contributed by atoms with Gasteiger partial charge in [-0.3, -0.25) is 0 Å². The molecular formula is C24H24O3S. The first-order chi connectivity index (χ1) is 13.6. The molecule has 7 saturated carbocycles. The van der Waals surface area contributed by atoms with Crippen molar-refractivity contribution in [2.75, 3.05) is 0 Å². The molecule has 9 rings (SSSR count). The van der Waals surface area contributed by atoms with E-state index < -0.39 is 5.97 Å². The van der Waals surface area contributed by atoms with Crippen molar-refractivity contribution in [3.8, 4) is 0 Å². The summed E-state index contributed by atoms with van der Waals surface area (Å²) in [5.41, 5.74) is 4.51. The molecule has 1 aromatic rings. The first kappa shape index (κ1) is 16.2. The third-order valence-corrected chi connectivity index (χ3v) is 10.00. The molecule has 3 nitrogen and oxygen atoms in total. The van der Waals surface area contributed by atoms with Gasteiger partial charge in [-0.2, -0.15) is 11.3 Å². The molecule has 4 heteroatoms. The van der Waals surface area contributed by atoms with Crippen LogP contribution in [-0.4, -0.2) is 11.9 Å². The molecule has 28 heavy (non-hydrogen) atoms. The standard InChI is InChI=1S/C24H24O3S/c1-10(12-2-3-28-9-12)19-22(24(26)27-23(19)25)20-13-7-15-14-4-11-5-17(15)21(20)18(6-11)16(14)8-13/h2-3,9,11,13-18,21H,4-8H2,1H3/b19-10+,22-20+/t11?,13?,14?,15?,16?,17-,18+,21?. The maximum Gasteiger partial charge on any atom is 0.347 e. The van der Waals surface area contributed by atoms with Gasteiger partial charge in [0.2, 0.25) is 0 Å². The zero-order valence-electron chi connectivity index (χ0n) is 16.0. The first-order valence-electron chi connectivity index (χ1n) is 10.9. The molecule has 8 atom stereocenters. The quantitative estimate of drug-likeness (QED) is 0.390. The lowest BCUT2D eigenvalue weighted by Gasteiger charge is -2.70. The number of carbonyl (C=O) groups excluding carboxylic acids is 2. The molecule has 8 aliphatic rings. The third-order valence-electron chi connectivity index (χ3n) is 9.31. The summed E-state index contributed by atoms with van der Waals surface area (Å²) < 4.78 is 5.22. The van der Waals surface area contributed by atoms with Crippen molar-refractivity contribution in [1.29, 1.82) is 0 Å². The number of esters is 2. The van der Waals surface area contributed by atoms with Crippen LogP contribution >= 0.6 is 11.3 Å². The summed E-state index contributed by atoms with van der Waals surface area (Å²) in [6.07, 6.45) is 6.66. The van der Waals surface area contributed by atoms with Crippen LogP contribution in [0.25, 0.3) is 5.57 Å². The molecule has 1 aliphatic heterocycles. The third kappa shape index (κ3) is 1.82. The average Bonchev–Trinajstić information content (AvgIpc) is 3.32. The minimum Gasteiger partial charge on any atom is -0.386 e. The fraction of sp³-hybridized carbons (Fsp3) is 0.583. The predicted octanol–water partition coefficient (Wildman–Crippen LogP) is 4.85. The van der Waals surface area contributed by atoms with E-state index in [4.69, 9.17) is 4.74 Å². The van der Waals surface area contributed by atoms with Gasteiger partial charge in [0, 0.05) is 0 Å². The molecular weight excluding hydrogens is 368 g/mol. The molecule has 8 fully saturated rings. The van der Waals surface area contributed by atoms with Crippen LogP contribution < -0.4 is 0 Å². The van der Waals surface area contributed by atoms with E-state index in [9.17, 15) is 9.59 Å². The first-order valence-corrected chi connectivity index (χ1v) is 11.8. The van der Waals surface area contributed by atoms with E-state index in [0.717, 1.165) is 46.6 Å². The zero-order valence-corrected chi connectivity index (χ0v) is 16.8. The summed E-state index contributed by atoms with van der Waals surface area (Å²) in [7, 11) is 0. The Morgan fingerprint density at radius 1 is 0.964 bits per heavy atom. The van der Waals surface area contributed by atoms with Crippen molar-refractivity contribution >= 4 is 28.8 Å². The number of carbonyl (C=O) groups is 2. The van der Waals surface area contributed by atoms with Gasteiger partial charge in [-0.05, 0) is 120 Å². The normalized spacial score (nSPS) is 49.3. The number of cyclic esters (lactones) is 2. The Morgan fingerprint density at radius 2 is 1.64 bits per heavy atom. The molecule has 0 aromatic carbocycles. The van der Waals surface area contributed by atoms with Crippen molar-refractivity contribution < 1.29 is 14.3 Å². The topological polar surface area (TPSA) is 43.4 Å². The van der Waals surface area contributed by atoms with Crippen LogP contribution in [0.5, 0.6) is 0 Å². The SMILES string of the molecule is C/C(=C1\C(=O)OC(=O)\C1=C1/C2CC3C4CC5C[C@H]3C1[C@@H](C5)C4C2)c1ccsc1. The van der Waals surface area contributed by atoms with E-state index in [0.29, 0.717) is 23.0 Å². The van der Waals surface area contributed by atoms with Crippen LogP contribution in [0.2, 0.25) is 0 Å². The molecule has 0 amide bonds. The number of rotatable bonds is 1. The second-order valence-electron chi connectivity index (χ2n) is 10.1. The lowest BCUT2D eigenvalue weighted by atomic mass is 9.34. The van der Waals surface area contributed by atoms with E-state index in [1.54, 1.807) is 11.3 Å². The summed E-state index contributed by atoms with van der Waals surface area (Å²) in [4.78, 5) is 25.7. The smallest absolute Gasteiger partial charge is 0.347 e. The van der Waals surface area contributed by atoms with E-state index in [2.05, 4.69) is 5.38 Å². The van der Waals surface area contributed by atoms with Crippen LogP contribution in [0, 0.1) is 47.3 Å². The van der Waals surface area contributed by atoms with Crippen molar-refractivity contribution in [2.45, 2.75) is 39.0 Å². The molecule has 6 unspecified atom stereocenters. The maximum absolute atomic E-state index is 13.0. The summed E-state index contributed by atoms with van der Waals surface area (Å²) in [6, 6.07) is 2.03. The van der Waals surface area contributed by atoms with E-state index >= 15 is 0 Å². The van der Waals surface area contributed by atoms with E-state index in [-0.39, 0.29) is 5.97 Å². The van der Waals surface area contributed by atoms with Crippen LogP contribution in [0.4, 0.5) is 0 Å². The lowest BCUT2D eigenvalue weighted by molar-refractivity contribution is -0.177. The fourth-order valence-corrected chi connectivity index (χ4v) is 9.37. The number of allylic oxidation sites excluding steroid dienone is 2. The fourth-order valence-electron chi connectivity index (χ4n) is 8.66. The molecule has 0 N–H and O–H groups in total. The lowest BCUT2D eigenvalue weighted by Crippen LogP contribution is -2.63. The maximum atomic E-state index is 13.0. The van der Waals surface area contributed by atoms with Crippen LogP contribution in [0.3, 0.4) is 0 Å². The number of hydrogen-bond acceptors (Lipinski definition) is 4. The molecule has 0 spiro atoms. The predicted molar refractivity (Wildman–Crippen MR) is 106 cm³/mol. The molecule has 144 valence electrons. The van der Waals surface area contributed by atoms with Crippen molar-refractivity contribution in [1.82, 2.24) is 0 Å². The Morgan fingerprint density at radius 3 is 2.32 bits per heavy atom. The van der Waals surface area contributed by atoms with Crippen LogP contribution in [0.15, 0.2) is 33.5 Å². The van der Waals surface area contributed by atoms with E-state index in [1.807, 2.05) is 18.4 Å². The van der Waals surface area contributed by atoms with Crippen LogP contribution in [0.1, 0.15) is 44.6 Å². The van der Waals surface area contributed by atoms with Crippen LogP contribution in [-0.2, 0) is 14.3 Å². The van der Waals surface area contributed by atoms with Crippen molar-refractivity contribution in [3.63, 3.8) is 0 Å². The minimum atomic E-state index is -0.432. The number of ether oxygens (including phenoxy) is 1. The number of thiophene rings is 1. The highest BCUT2D eigenvalue weighted by molar-refractivity contribution is 7.08. The average molecular weight is 393 g/mol. The Kier molecular flexibility index (Phi) is 3.04. The van der Waals surface area contributed by atoms with Gasteiger partial charge in [-0.1, -0.05) is 0 Å².